The molecule has 0 atom stereocenters. The molecule has 1 N–H and O–H groups in total. The van der Waals surface area contributed by atoms with Crippen molar-refractivity contribution in [1.82, 2.24) is 4.90 Å². The van der Waals surface area contributed by atoms with Gasteiger partial charge in [0.05, 0.1) is 11.1 Å². The molecule has 0 unspecified atom stereocenters. The van der Waals surface area contributed by atoms with E-state index < -0.39 is 0 Å². The number of ether oxygens (including phenoxy) is 1. The van der Waals surface area contributed by atoms with Crippen molar-refractivity contribution in [2.45, 2.75) is 33.2 Å². The molecule has 1 saturated heterocycles. The first-order valence-electron chi connectivity index (χ1n) is 10.5. The SMILES string of the molecule is CCN(CC)c1ccc(/C=C2\Oc3c(ccc(O)c3CN3CCCC3)C2=O)cc1. The Bertz CT molecular complexity index is 924. The number of nitrogens with zero attached hydrogens (tertiary/aromatic N) is 2. The molecule has 152 valence electrons. The van der Waals surface area contributed by atoms with Gasteiger partial charge in [-0.2, -0.15) is 0 Å². The summed E-state index contributed by atoms with van der Waals surface area (Å²) in [6, 6.07) is 11.4. The third kappa shape index (κ3) is 3.87. The second kappa shape index (κ2) is 8.29. The first-order chi connectivity index (χ1) is 14.1. The van der Waals surface area contributed by atoms with E-state index in [1.807, 2.05) is 12.1 Å². The second-order valence-electron chi connectivity index (χ2n) is 7.63. The van der Waals surface area contributed by atoms with Gasteiger partial charge in [-0.1, -0.05) is 12.1 Å². The summed E-state index contributed by atoms with van der Waals surface area (Å²) in [5.41, 5.74) is 3.32. The van der Waals surface area contributed by atoms with Crippen molar-refractivity contribution in [1.29, 1.82) is 0 Å². The Morgan fingerprint density at radius 2 is 1.76 bits per heavy atom. The Kier molecular flexibility index (Phi) is 5.58. The number of ketones is 1. The van der Waals surface area contributed by atoms with Crippen molar-refractivity contribution in [3.05, 3.63) is 58.8 Å². The van der Waals surface area contributed by atoms with Crippen LogP contribution in [-0.4, -0.2) is 42.0 Å². The second-order valence-corrected chi connectivity index (χ2v) is 7.63. The predicted octanol–water partition coefficient (Wildman–Crippen LogP) is 4.45. The highest BCUT2D eigenvalue weighted by atomic mass is 16.5. The van der Waals surface area contributed by atoms with Crippen LogP contribution in [0, 0.1) is 0 Å². The monoisotopic (exact) mass is 392 g/mol. The summed E-state index contributed by atoms with van der Waals surface area (Å²) in [7, 11) is 0. The Morgan fingerprint density at radius 1 is 1.07 bits per heavy atom. The normalized spacial score (nSPS) is 17.6. The third-order valence-corrected chi connectivity index (χ3v) is 5.82. The summed E-state index contributed by atoms with van der Waals surface area (Å²) in [5.74, 6) is 0.875. The quantitative estimate of drug-likeness (QED) is 0.736. The van der Waals surface area contributed by atoms with Crippen LogP contribution < -0.4 is 9.64 Å². The lowest BCUT2D eigenvalue weighted by Gasteiger charge is -2.20. The number of carbonyl (C=O) groups is 1. The number of allylic oxidation sites excluding steroid dienone is 1. The number of hydrogen-bond acceptors (Lipinski definition) is 5. The molecular weight excluding hydrogens is 364 g/mol. The molecule has 0 saturated carbocycles. The smallest absolute Gasteiger partial charge is 0.231 e. The van der Waals surface area contributed by atoms with E-state index in [4.69, 9.17) is 4.74 Å². The minimum atomic E-state index is -0.129. The molecule has 0 bridgehead atoms. The van der Waals surface area contributed by atoms with Gasteiger partial charge in [0.25, 0.3) is 0 Å². The minimum absolute atomic E-state index is 0.129. The lowest BCUT2D eigenvalue weighted by Crippen LogP contribution is -2.21. The standard InChI is InChI=1S/C24H28N2O3/c1-3-26(4-2)18-9-7-17(8-10-18)15-22-23(28)19-11-12-21(27)20(24(19)29-22)16-25-13-5-6-14-25/h7-12,15,27H,3-6,13-14,16H2,1-2H3/b22-15-. The first kappa shape index (κ1) is 19.5. The minimum Gasteiger partial charge on any atom is -0.507 e. The van der Waals surface area contributed by atoms with Gasteiger partial charge in [-0.15, -0.1) is 0 Å². The maximum atomic E-state index is 12.9. The Balaban J connectivity index is 1.59. The molecule has 5 heteroatoms. The Hall–Kier alpha value is -2.79. The highest BCUT2D eigenvalue weighted by Crippen LogP contribution is 2.40. The molecule has 0 aromatic heterocycles. The van der Waals surface area contributed by atoms with Gasteiger partial charge in [0.2, 0.25) is 5.78 Å². The average Bonchev–Trinajstić information content (AvgIpc) is 3.35. The van der Waals surface area contributed by atoms with E-state index in [9.17, 15) is 9.90 Å². The zero-order valence-electron chi connectivity index (χ0n) is 17.1. The maximum absolute atomic E-state index is 12.9. The molecule has 2 aromatic carbocycles. The fourth-order valence-corrected chi connectivity index (χ4v) is 4.14. The van der Waals surface area contributed by atoms with E-state index in [1.54, 1.807) is 18.2 Å². The predicted molar refractivity (Wildman–Crippen MR) is 116 cm³/mol. The highest BCUT2D eigenvalue weighted by molar-refractivity contribution is 6.15. The van der Waals surface area contributed by atoms with Crippen LogP contribution in [0.4, 0.5) is 5.69 Å². The molecular formula is C24H28N2O3. The molecule has 4 rings (SSSR count). The number of phenols is 1. The van der Waals surface area contributed by atoms with Crippen LogP contribution in [0.15, 0.2) is 42.2 Å². The van der Waals surface area contributed by atoms with Crippen LogP contribution in [0.2, 0.25) is 0 Å². The number of phenolic OH excluding ortho intramolecular Hbond substituents is 1. The maximum Gasteiger partial charge on any atom is 0.231 e. The summed E-state index contributed by atoms with van der Waals surface area (Å²) in [4.78, 5) is 17.4. The van der Waals surface area contributed by atoms with Crippen LogP contribution in [0.1, 0.15) is 48.2 Å². The van der Waals surface area contributed by atoms with Crippen molar-refractivity contribution in [3.63, 3.8) is 0 Å². The van der Waals surface area contributed by atoms with Gasteiger partial charge in [0, 0.05) is 25.3 Å². The summed E-state index contributed by atoms with van der Waals surface area (Å²) >= 11 is 0. The average molecular weight is 392 g/mol. The number of benzene rings is 2. The van der Waals surface area contributed by atoms with E-state index in [2.05, 4.69) is 35.8 Å². The first-order valence-corrected chi connectivity index (χ1v) is 10.5. The van der Waals surface area contributed by atoms with Gasteiger partial charge >= 0.3 is 0 Å². The van der Waals surface area contributed by atoms with E-state index in [1.165, 1.54) is 12.8 Å². The fraction of sp³-hybridized carbons (Fsp3) is 0.375. The number of hydrogen-bond donors (Lipinski definition) is 1. The molecule has 0 amide bonds. The van der Waals surface area contributed by atoms with Gasteiger partial charge in [-0.25, -0.2) is 0 Å². The molecule has 2 heterocycles. The molecule has 2 aliphatic rings. The van der Waals surface area contributed by atoms with Crippen LogP contribution in [0.5, 0.6) is 11.5 Å². The van der Waals surface area contributed by atoms with Crippen LogP contribution >= 0.6 is 0 Å². The van der Waals surface area contributed by atoms with Crippen molar-refractivity contribution in [2.24, 2.45) is 0 Å². The summed E-state index contributed by atoms with van der Waals surface area (Å²) in [6.07, 6.45) is 4.12. The number of fused-ring (bicyclic) bond motifs is 1. The molecule has 0 radical (unpaired) electrons. The highest BCUT2D eigenvalue weighted by Gasteiger charge is 2.32. The Labute approximate surface area is 172 Å². The van der Waals surface area contributed by atoms with Crippen molar-refractivity contribution in [2.75, 3.05) is 31.1 Å². The van der Waals surface area contributed by atoms with Gasteiger partial charge in [-0.05, 0) is 75.7 Å². The van der Waals surface area contributed by atoms with Crippen LogP contribution in [0.25, 0.3) is 6.08 Å². The van der Waals surface area contributed by atoms with E-state index >= 15 is 0 Å². The number of Topliss-reactive ketones (excluding diaryl/α,β-unsaturated/α-hetero) is 1. The van der Waals surface area contributed by atoms with E-state index in [0.29, 0.717) is 29.2 Å². The summed E-state index contributed by atoms with van der Waals surface area (Å²) in [6.45, 7) is 8.81. The Morgan fingerprint density at radius 3 is 2.41 bits per heavy atom. The number of aromatic hydroxyl groups is 1. The van der Waals surface area contributed by atoms with Gasteiger partial charge < -0.3 is 14.7 Å². The van der Waals surface area contributed by atoms with E-state index in [-0.39, 0.29) is 11.5 Å². The van der Waals surface area contributed by atoms with Gasteiger partial charge in [0.15, 0.2) is 5.76 Å². The molecule has 0 aliphatic carbocycles. The third-order valence-electron chi connectivity index (χ3n) is 5.82. The molecule has 0 spiro atoms. The lowest BCUT2D eigenvalue weighted by molar-refractivity contribution is 0.101. The molecule has 2 aliphatic heterocycles. The lowest BCUT2D eigenvalue weighted by atomic mass is 10.0. The van der Waals surface area contributed by atoms with Crippen molar-refractivity contribution >= 4 is 17.5 Å². The molecule has 2 aromatic rings. The number of anilines is 1. The van der Waals surface area contributed by atoms with Crippen LogP contribution in [-0.2, 0) is 6.54 Å². The fourth-order valence-electron chi connectivity index (χ4n) is 4.14. The van der Waals surface area contributed by atoms with Gasteiger partial charge in [-0.3, -0.25) is 9.69 Å². The molecule has 1 fully saturated rings. The largest absolute Gasteiger partial charge is 0.507 e. The summed E-state index contributed by atoms with van der Waals surface area (Å²) < 4.78 is 5.98. The van der Waals surface area contributed by atoms with E-state index in [0.717, 1.165) is 37.4 Å². The van der Waals surface area contributed by atoms with Crippen molar-refractivity contribution in [3.8, 4) is 11.5 Å². The number of likely N-dealkylation sites (tertiary alicyclic amines) is 1. The zero-order valence-corrected chi connectivity index (χ0v) is 17.1. The number of rotatable bonds is 6. The van der Waals surface area contributed by atoms with Crippen LogP contribution in [0.3, 0.4) is 0 Å². The van der Waals surface area contributed by atoms with Crippen molar-refractivity contribution < 1.29 is 14.6 Å². The zero-order chi connectivity index (χ0) is 20.4. The molecule has 29 heavy (non-hydrogen) atoms. The summed E-state index contributed by atoms with van der Waals surface area (Å²) in [5, 5.41) is 10.4. The molecule has 5 nitrogen and oxygen atoms in total. The topological polar surface area (TPSA) is 53.0 Å². The van der Waals surface area contributed by atoms with Gasteiger partial charge in [0.1, 0.15) is 11.5 Å². The number of carbonyl (C=O) groups excluding carboxylic acids is 1.